The van der Waals surface area contributed by atoms with Gasteiger partial charge >= 0.3 is 0 Å². The zero-order chi connectivity index (χ0) is 71.6. The van der Waals surface area contributed by atoms with Crippen molar-refractivity contribution in [2.45, 2.75) is 209 Å². The average Bonchev–Trinajstić information content (AvgIpc) is 0.792. The molecule has 6 fully saturated rings. The van der Waals surface area contributed by atoms with Crippen LogP contribution in [0, 0.1) is 0 Å². The maximum absolute atomic E-state index is 12.1. The normalized spacial score (nSPS) is 41.4. The Kier molecular flexibility index (Phi) is 39.2. The zero-order valence-corrected chi connectivity index (χ0v) is 48.4. The zero-order valence-electron chi connectivity index (χ0n) is 48.4. The van der Waals surface area contributed by atoms with Gasteiger partial charge in [0.15, 0.2) is 37.7 Å². The van der Waals surface area contributed by atoms with Crippen molar-refractivity contribution < 1.29 is 210 Å². The minimum Gasteiger partial charge on any atom is -0.878 e. The SMILES string of the molecule is C=O.C=O.NC(=O)C=C[O-].NC(=O)CC(O)C(=O)[O-].NC(=O)CC([O-])OC1C(OC2C(CO)OC(OC3C(CO)OC(O)C(O)C3O)C(O)C2O)OC(CO)C(O)C1O.OCC1OC(OC2C(CO)OC(OC3C(CO)OC(O)C(O)C3O)C(O)C2O)C(O)C(O)C1O.[2HH]. The van der Waals surface area contributed by atoms with Crippen molar-refractivity contribution in [2.24, 2.45) is 17.2 Å². The van der Waals surface area contributed by atoms with E-state index in [-0.39, 0.29) is 1.43 Å². The van der Waals surface area contributed by atoms with E-state index in [2.05, 4.69) is 11.5 Å². The number of carboxylic acids is 1. The summed E-state index contributed by atoms with van der Waals surface area (Å²) in [7, 11) is 0. The number of nitrogens with two attached hydrogens (primary N) is 3. The summed E-state index contributed by atoms with van der Waals surface area (Å²) >= 11 is 0. The van der Waals surface area contributed by atoms with Gasteiger partial charge in [0.25, 0.3) is 0 Å². The first-order valence-corrected chi connectivity index (χ1v) is 27.0. The van der Waals surface area contributed by atoms with Crippen LogP contribution < -0.4 is 32.5 Å². The van der Waals surface area contributed by atoms with Crippen LogP contribution >= 0.6 is 0 Å². The number of hydrogen-bond acceptors (Lipinski definition) is 42. The molecule has 28 N–H and O–H groups in total. The van der Waals surface area contributed by atoms with Gasteiger partial charge < -0.3 is 211 Å². The molecule has 0 aromatic heterocycles. The number of carbonyl (C=O) groups excluding carboxylic acids is 6. The molecule has 3 amide bonds. The third-order valence-electron chi connectivity index (χ3n) is 13.7. The first kappa shape index (κ1) is 86.4. The second kappa shape index (κ2) is 42.2. The Morgan fingerprint density at radius 3 is 0.989 bits per heavy atom. The molecule has 0 aliphatic carbocycles. The van der Waals surface area contributed by atoms with Crippen LogP contribution in [0.1, 0.15) is 14.3 Å². The minimum atomic E-state index is -2.15. The number of aliphatic hydroxyl groups excluding tert-OH is 22. The van der Waals surface area contributed by atoms with Crippen molar-refractivity contribution >= 4 is 37.3 Å². The van der Waals surface area contributed by atoms with E-state index in [4.69, 9.17) is 72.5 Å². The van der Waals surface area contributed by atoms with Crippen LogP contribution in [-0.4, -0.2) is 386 Å². The molecule has 0 spiro atoms. The van der Waals surface area contributed by atoms with Crippen molar-refractivity contribution in [3.63, 3.8) is 0 Å². The monoisotopic (exact) mass is 1380 g/mol. The summed E-state index contributed by atoms with van der Waals surface area (Å²) in [4.78, 5) is 56.2. The van der Waals surface area contributed by atoms with E-state index in [1.54, 1.807) is 0 Å². The van der Waals surface area contributed by atoms with Gasteiger partial charge in [0, 0.05) is 7.85 Å². The van der Waals surface area contributed by atoms with Crippen molar-refractivity contribution in [3.05, 3.63) is 12.3 Å². The molecule has 0 saturated carbocycles. The summed E-state index contributed by atoms with van der Waals surface area (Å²) in [5, 5.41) is 249. The van der Waals surface area contributed by atoms with Crippen molar-refractivity contribution in [1.82, 2.24) is 0 Å². The van der Waals surface area contributed by atoms with Gasteiger partial charge in [-0.05, 0) is 12.4 Å². The lowest BCUT2D eigenvalue weighted by atomic mass is 9.96. The van der Waals surface area contributed by atoms with Gasteiger partial charge in [0.05, 0.1) is 52.0 Å². The van der Waals surface area contributed by atoms with E-state index in [1.165, 1.54) is 0 Å². The molecular weight excluding hydrogens is 1290 g/mol. The smallest absolute Gasteiger partial charge is 0.240 e. The number of carbonyl (C=O) groups is 6. The molecule has 32 unspecified atom stereocenters. The number of carboxylic acid groups (broad SMARTS) is 1. The standard InChI is InChI=1S/C21H36NO18.C18H32O16.C4H7NO4.C3H5NO2.2CH2O.H2/c22-8(26)1-9(27)38-18-11(29)10(28)5(2-23)36-21(18)40-17-7(4-25)37-20(15(33)13(17)31)39-16-6(3-24)35-19(34)14(32)12(16)30;19-1-4-7(22)8(23)12(27)17(31-4)34-15-6(3-21)32-18(13(28)10(15)25)33-14-5(2-20)30-16(29)11(26)9(14)24;5-3(7)1-2(6)4(8)9;4-3(6)1-2-5;2*1-2;/h5-7,9-21,23-25,28-34H,1-4H2,(H2,22,26);4-29H,1-3H2;2,6H,1H2,(H2,5,7)(H,8,9);1-2,5H,(H2,4,6);2*1H2;1H/q-1;;;;;;/p-2/i;;;;;;1+1. The van der Waals surface area contributed by atoms with Crippen LogP contribution in [-0.2, 0) is 80.9 Å². The van der Waals surface area contributed by atoms with Crippen LogP contribution in [0.4, 0.5) is 0 Å². The van der Waals surface area contributed by atoms with Crippen molar-refractivity contribution in [1.29, 1.82) is 0 Å². The molecule has 6 heterocycles. The number of ether oxygens (including phenoxy) is 11. The second-order valence-corrected chi connectivity index (χ2v) is 20.1. The van der Waals surface area contributed by atoms with E-state index in [0.717, 1.165) is 6.08 Å². The Balaban J connectivity index is 0.00000144. The molecule has 0 aromatic rings. The lowest BCUT2D eigenvalue weighted by Crippen LogP contribution is -2.67. The lowest BCUT2D eigenvalue weighted by Gasteiger charge is -2.49. The number of rotatable bonds is 22. The molecular formula is C48H84N3O42-3. The Morgan fingerprint density at radius 1 is 0.419 bits per heavy atom. The predicted octanol–water partition coefficient (Wildman–Crippen LogP) is -21.4. The third kappa shape index (κ3) is 24.2. The molecule has 32 atom stereocenters. The summed E-state index contributed by atoms with van der Waals surface area (Å²) in [6.45, 7) is -0.861. The Hall–Kier alpha value is -4.60. The molecule has 6 aliphatic rings. The van der Waals surface area contributed by atoms with Crippen molar-refractivity contribution in [3.8, 4) is 0 Å². The van der Waals surface area contributed by atoms with Gasteiger partial charge in [-0.2, -0.15) is 0 Å². The van der Waals surface area contributed by atoms with Gasteiger partial charge in [0.1, 0.15) is 166 Å². The van der Waals surface area contributed by atoms with E-state index in [0.29, 0.717) is 6.26 Å². The van der Waals surface area contributed by atoms with Crippen LogP contribution in [0.15, 0.2) is 12.3 Å². The van der Waals surface area contributed by atoms with E-state index >= 15 is 0 Å². The molecule has 45 heteroatoms. The van der Waals surface area contributed by atoms with Crippen LogP contribution in [0.3, 0.4) is 0 Å². The highest BCUT2D eigenvalue weighted by molar-refractivity contribution is 5.85. The first-order chi connectivity index (χ1) is 43.7. The highest BCUT2D eigenvalue weighted by atomic mass is 16.8. The fourth-order valence-corrected chi connectivity index (χ4v) is 8.97. The van der Waals surface area contributed by atoms with E-state index in [9.17, 15) is 142 Å². The van der Waals surface area contributed by atoms with Crippen molar-refractivity contribution in [2.75, 3.05) is 39.6 Å². The molecule has 93 heavy (non-hydrogen) atoms. The molecule has 0 aromatic carbocycles. The first-order valence-electron chi connectivity index (χ1n) is 27.0. The number of hydrogen-bond donors (Lipinski definition) is 25. The lowest BCUT2D eigenvalue weighted by molar-refractivity contribution is -0.509. The van der Waals surface area contributed by atoms with Gasteiger partial charge in [-0.3, -0.25) is 14.4 Å². The minimum absolute atomic E-state index is 0. The van der Waals surface area contributed by atoms with Gasteiger partial charge in [-0.25, -0.2) is 0 Å². The predicted molar refractivity (Wildman–Crippen MR) is 278 cm³/mol. The van der Waals surface area contributed by atoms with E-state index in [1.807, 2.05) is 13.6 Å². The summed E-state index contributed by atoms with van der Waals surface area (Å²) in [5.74, 6) is -4.30. The van der Waals surface area contributed by atoms with E-state index < -0.39 is 273 Å². The topological polar surface area (TPSA) is 796 Å². The summed E-state index contributed by atoms with van der Waals surface area (Å²) in [5.41, 5.74) is 14.0. The number of aliphatic carboxylic acids is 1. The Labute approximate surface area is 525 Å². The maximum atomic E-state index is 12.1. The molecule has 546 valence electrons. The number of primary amides is 3. The number of amides is 3. The highest BCUT2D eigenvalue weighted by Gasteiger charge is 2.56. The quantitative estimate of drug-likeness (QED) is 0.0272. The maximum Gasteiger partial charge on any atom is 0.240 e. The van der Waals surface area contributed by atoms with Crippen LogP contribution in [0.2, 0.25) is 0 Å². The third-order valence-corrected chi connectivity index (χ3v) is 13.7. The van der Waals surface area contributed by atoms with Gasteiger partial charge in [0.2, 0.25) is 17.7 Å². The summed E-state index contributed by atoms with van der Waals surface area (Å²) in [6.07, 6.45) is -55.8. The molecule has 6 rings (SSSR count). The fraction of sp³-hybridized carbons (Fsp3) is 0.833. The summed E-state index contributed by atoms with van der Waals surface area (Å²) in [6, 6.07) is 0. The number of aliphatic hydroxyl groups is 22. The second-order valence-electron chi connectivity index (χ2n) is 20.1. The molecule has 0 radical (unpaired) electrons. The molecule has 6 saturated heterocycles. The largest absolute Gasteiger partial charge is 0.878 e. The molecule has 45 nitrogen and oxygen atoms in total. The Morgan fingerprint density at radius 2 is 0.699 bits per heavy atom. The fourth-order valence-electron chi connectivity index (χ4n) is 8.97. The van der Waals surface area contributed by atoms with Crippen LogP contribution in [0.5, 0.6) is 0 Å². The Bertz CT molecular complexity index is 2180. The van der Waals surface area contributed by atoms with Gasteiger partial charge in [-0.1, -0.05) is 0 Å². The summed E-state index contributed by atoms with van der Waals surface area (Å²) < 4.78 is 58.3. The molecule has 0 bridgehead atoms. The highest BCUT2D eigenvalue weighted by Crippen LogP contribution is 2.35. The van der Waals surface area contributed by atoms with Gasteiger partial charge in [-0.15, -0.1) is 6.26 Å². The van der Waals surface area contributed by atoms with Crippen LogP contribution in [0.25, 0.3) is 0 Å². The average molecular weight is 1380 g/mol. The molecule has 6 aliphatic heterocycles.